The molecule has 1 unspecified atom stereocenters. The number of rotatable bonds is 4. The Balaban J connectivity index is 1.39. The van der Waals surface area contributed by atoms with E-state index in [4.69, 9.17) is 0 Å². The highest BCUT2D eigenvalue weighted by Gasteiger charge is 2.31. The molecule has 1 heterocycles. The van der Waals surface area contributed by atoms with Crippen molar-refractivity contribution in [3.05, 3.63) is 101 Å². The molecule has 0 aromatic heterocycles. The van der Waals surface area contributed by atoms with Crippen molar-refractivity contribution in [2.45, 2.75) is 52.1 Å². The van der Waals surface area contributed by atoms with Crippen molar-refractivity contribution in [3.63, 3.8) is 0 Å². The fourth-order valence-corrected chi connectivity index (χ4v) is 4.19. The largest absolute Gasteiger partial charge is 0.348 e. The third kappa shape index (κ3) is 4.45. The van der Waals surface area contributed by atoms with Crippen molar-refractivity contribution in [1.82, 2.24) is 5.32 Å². The van der Waals surface area contributed by atoms with Gasteiger partial charge in [-0.05, 0) is 65.8 Å². The Morgan fingerprint density at radius 2 is 1.53 bits per heavy atom. The SMILES string of the molecule is CC1Cc2ccccc2N1C(=O)c1ccc(CNC(=O)c2ccc(C(C)(C)C)cc2)cc1. The number of amides is 2. The third-order valence-electron chi connectivity index (χ3n) is 6.09. The minimum Gasteiger partial charge on any atom is -0.348 e. The molecule has 0 aliphatic carbocycles. The molecule has 4 nitrogen and oxygen atoms in total. The summed E-state index contributed by atoms with van der Waals surface area (Å²) in [6.45, 7) is 8.95. The zero-order chi connectivity index (χ0) is 22.9. The fourth-order valence-electron chi connectivity index (χ4n) is 4.19. The maximum absolute atomic E-state index is 13.1. The zero-order valence-electron chi connectivity index (χ0n) is 19.2. The van der Waals surface area contributed by atoms with E-state index in [9.17, 15) is 9.59 Å². The van der Waals surface area contributed by atoms with E-state index in [0.717, 1.165) is 17.7 Å². The van der Waals surface area contributed by atoms with Crippen molar-refractivity contribution < 1.29 is 9.59 Å². The molecule has 32 heavy (non-hydrogen) atoms. The first-order valence-corrected chi connectivity index (χ1v) is 11.1. The normalized spacial score (nSPS) is 15.4. The number of nitrogens with zero attached hydrogens (tertiary/aromatic N) is 1. The summed E-state index contributed by atoms with van der Waals surface area (Å²) in [7, 11) is 0. The van der Waals surface area contributed by atoms with Gasteiger partial charge in [0.2, 0.25) is 0 Å². The van der Waals surface area contributed by atoms with Gasteiger partial charge in [-0.2, -0.15) is 0 Å². The van der Waals surface area contributed by atoms with E-state index in [1.165, 1.54) is 11.1 Å². The lowest BCUT2D eigenvalue weighted by Crippen LogP contribution is -2.35. The molecule has 4 heteroatoms. The van der Waals surface area contributed by atoms with Gasteiger partial charge >= 0.3 is 0 Å². The van der Waals surface area contributed by atoms with E-state index in [2.05, 4.69) is 39.1 Å². The first kappa shape index (κ1) is 21.8. The second-order valence-corrected chi connectivity index (χ2v) is 9.56. The van der Waals surface area contributed by atoms with Gasteiger partial charge in [0, 0.05) is 29.4 Å². The number of benzene rings is 3. The summed E-state index contributed by atoms with van der Waals surface area (Å²) in [4.78, 5) is 27.5. The van der Waals surface area contributed by atoms with Crippen molar-refractivity contribution >= 4 is 17.5 Å². The molecule has 164 valence electrons. The van der Waals surface area contributed by atoms with Gasteiger partial charge in [0.15, 0.2) is 0 Å². The molecule has 3 aromatic carbocycles. The Morgan fingerprint density at radius 3 is 2.19 bits per heavy atom. The van der Waals surface area contributed by atoms with Crippen LogP contribution in [0.1, 0.15) is 65.1 Å². The minimum atomic E-state index is -0.104. The summed E-state index contributed by atoms with van der Waals surface area (Å²) in [5.74, 6) is -0.0925. The fraction of sp³-hybridized carbons (Fsp3) is 0.286. The summed E-state index contributed by atoms with van der Waals surface area (Å²) in [5.41, 5.74) is 5.72. The first-order chi connectivity index (χ1) is 15.2. The van der Waals surface area contributed by atoms with Crippen LogP contribution in [0, 0.1) is 0 Å². The van der Waals surface area contributed by atoms with Crippen molar-refractivity contribution in [3.8, 4) is 0 Å². The molecular formula is C28H30N2O2. The number of hydrogen-bond donors (Lipinski definition) is 1. The molecular weight excluding hydrogens is 396 g/mol. The molecule has 1 aliphatic heterocycles. The lowest BCUT2D eigenvalue weighted by atomic mass is 9.87. The number of fused-ring (bicyclic) bond motifs is 1. The van der Waals surface area contributed by atoms with Crippen LogP contribution in [0.2, 0.25) is 0 Å². The molecule has 0 saturated carbocycles. The zero-order valence-corrected chi connectivity index (χ0v) is 19.2. The lowest BCUT2D eigenvalue weighted by Gasteiger charge is -2.23. The van der Waals surface area contributed by atoms with Crippen molar-refractivity contribution in [1.29, 1.82) is 0 Å². The Hall–Kier alpha value is -3.40. The van der Waals surface area contributed by atoms with Gasteiger partial charge in [-0.15, -0.1) is 0 Å². The second-order valence-electron chi connectivity index (χ2n) is 9.56. The highest BCUT2D eigenvalue weighted by molar-refractivity contribution is 6.07. The number of carbonyl (C=O) groups excluding carboxylic acids is 2. The molecule has 0 bridgehead atoms. The van der Waals surface area contributed by atoms with Crippen LogP contribution >= 0.6 is 0 Å². The molecule has 2 amide bonds. The summed E-state index contributed by atoms with van der Waals surface area (Å²) >= 11 is 0. The third-order valence-corrected chi connectivity index (χ3v) is 6.09. The van der Waals surface area contributed by atoms with E-state index in [1.54, 1.807) is 0 Å². The molecule has 1 N–H and O–H groups in total. The van der Waals surface area contributed by atoms with E-state index in [0.29, 0.717) is 17.7 Å². The van der Waals surface area contributed by atoms with Gasteiger partial charge in [-0.25, -0.2) is 0 Å². The predicted octanol–water partition coefficient (Wildman–Crippen LogP) is 5.51. The first-order valence-electron chi connectivity index (χ1n) is 11.1. The summed E-state index contributed by atoms with van der Waals surface area (Å²) in [5, 5.41) is 2.96. The molecule has 0 radical (unpaired) electrons. The van der Waals surface area contributed by atoms with Crippen LogP contribution in [0.4, 0.5) is 5.69 Å². The van der Waals surface area contributed by atoms with E-state index < -0.39 is 0 Å². The van der Waals surface area contributed by atoms with Gasteiger partial charge in [-0.3, -0.25) is 9.59 Å². The molecule has 0 spiro atoms. The van der Waals surface area contributed by atoms with Gasteiger partial charge in [0.25, 0.3) is 11.8 Å². The maximum Gasteiger partial charge on any atom is 0.258 e. The standard InChI is InChI=1S/C28H30N2O2/c1-19-17-23-7-5-6-8-25(23)30(19)27(32)22-11-9-20(10-12-22)18-29-26(31)21-13-15-24(16-14-21)28(2,3)4/h5-16,19H,17-18H2,1-4H3,(H,29,31). The minimum absolute atomic E-state index is 0.0111. The van der Waals surface area contributed by atoms with Crippen LogP contribution in [0.5, 0.6) is 0 Å². The average Bonchev–Trinajstić information content (AvgIpc) is 3.12. The monoisotopic (exact) mass is 426 g/mol. The van der Waals surface area contributed by atoms with Crippen LogP contribution in [0.15, 0.2) is 72.8 Å². The highest BCUT2D eigenvalue weighted by Crippen LogP contribution is 2.33. The number of hydrogen-bond acceptors (Lipinski definition) is 2. The number of nitrogens with one attached hydrogen (secondary N) is 1. The topological polar surface area (TPSA) is 49.4 Å². The second kappa shape index (κ2) is 8.62. The van der Waals surface area contributed by atoms with Crippen LogP contribution in [0.25, 0.3) is 0 Å². The molecule has 4 rings (SSSR count). The predicted molar refractivity (Wildman–Crippen MR) is 129 cm³/mol. The number of anilines is 1. The molecule has 0 saturated heterocycles. The van der Waals surface area contributed by atoms with Gasteiger partial charge in [-0.1, -0.05) is 63.2 Å². The van der Waals surface area contributed by atoms with Gasteiger partial charge in [0.05, 0.1) is 0 Å². The van der Waals surface area contributed by atoms with Crippen LogP contribution in [-0.2, 0) is 18.4 Å². The van der Waals surface area contributed by atoms with Crippen LogP contribution in [0.3, 0.4) is 0 Å². The average molecular weight is 427 g/mol. The molecule has 3 aromatic rings. The highest BCUT2D eigenvalue weighted by atomic mass is 16.2. The lowest BCUT2D eigenvalue weighted by molar-refractivity contribution is 0.0948. The van der Waals surface area contributed by atoms with Gasteiger partial charge < -0.3 is 10.2 Å². The summed E-state index contributed by atoms with van der Waals surface area (Å²) in [6, 6.07) is 23.5. The van der Waals surface area contributed by atoms with Crippen molar-refractivity contribution in [2.75, 3.05) is 4.90 Å². The maximum atomic E-state index is 13.1. The van der Waals surface area contributed by atoms with Gasteiger partial charge in [0.1, 0.15) is 0 Å². The molecule has 0 fully saturated rings. The van der Waals surface area contributed by atoms with E-state index in [-0.39, 0.29) is 23.3 Å². The number of carbonyl (C=O) groups is 2. The summed E-state index contributed by atoms with van der Waals surface area (Å²) < 4.78 is 0. The van der Waals surface area contributed by atoms with Crippen LogP contribution in [-0.4, -0.2) is 17.9 Å². The quantitative estimate of drug-likeness (QED) is 0.598. The van der Waals surface area contributed by atoms with Crippen molar-refractivity contribution in [2.24, 2.45) is 0 Å². The summed E-state index contributed by atoms with van der Waals surface area (Å²) in [6.07, 6.45) is 0.878. The molecule has 1 aliphatic rings. The smallest absolute Gasteiger partial charge is 0.258 e. The Bertz CT molecular complexity index is 1130. The number of para-hydroxylation sites is 1. The van der Waals surface area contributed by atoms with Crippen LogP contribution < -0.4 is 10.2 Å². The Morgan fingerprint density at radius 1 is 0.906 bits per heavy atom. The van der Waals surface area contributed by atoms with E-state index in [1.807, 2.05) is 71.6 Å². The van der Waals surface area contributed by atoms with E-state index >= 15 is 0 Å². The molecule has 1 atom stereocenters. The Kier molecular flexibility index (Phi) is 5.88. The Labute approximate surface area is 190 Å².